The van der Waals surface area contributed by atoms with E-state index < -0.39 is 0 Å². The van der Waals surface area contributed by atoms with Crippen LogP contribution in [0.1, 0.15) is 49.9 Å². The van der Waals surface area contributed by atoms with E-state index in [1.165, 1.54) is 111 Å². The maximum absolute atomic E-state index is 2.45. The Balaban J connectivity index is 0.938. The van der Waals surface area contributed by atoms with Crippen LogP contribution in [-0.4, -0.2) is 0 Å². The standard InChI is InChI=1S/C68H51N/c1-67(2)62-28-12-9-22-57(62)59-42-36-47(43-64(59)67)53-20-11-14-30-65(53)69(49-39-33-46(34-40-49)52-24-15-25-54-50-18-6-5-17-44(50)35-41-56(52)54)48-37-31-45(32-38-48)51-19-7-8-21-55(51)60-26-16-27-61-58-23-10-13-29-63(58)68(3,4)66(60)61/h5-43H,1-4H3. The lowest BCUT2D eigenvalue weighted by Crippen LogP contribution is -2.16. The molecule has 11 aromatic rings. The zero-order valence-electron chi connectivity index (χ0n) is 39.5. The van der Waals surface area contributed by atoms with Gasteiger partial charge in [0, 0.05) is 27.8 Å². The van der Waals surface area contributed by atoms with E-state index in [0.29, 0.717) is 0 Å². The number of anilines is 3. The molecule has 0 radical (unpaired) electrons. The van der Waals surface area contributed by atoms with Gasteiger partial charge < -0.3 is 4.90 Å². The van der Waals surface area contributed by atoms with E-state index in [-0.39, 0.29) is 10.8 Å². The molecule has 2 aliphatic carbocycles. The SMILES string of the molecule is CC1(C)c2ccccc2-c2ccc(-c3ccccc3N(c3ccc(-c4ccccc4-c4cccc5c4C(C)(C)c4ccccc4-5)cc3)c3ccc(-c4cccc5c4ccc4ccccc45)cc3)cc21. The van der Waals surface area contributed by atoms with Crippen LogP contribution in [0.3, 0.4) is 0 Å². The van der Waals surface area contributed by atoms with E-state index in [1.54, 1.807) is 0 Å². The van der Waals surface area contributed by atoms with Gasteiger partial charge in [0.05, 0.1) is 5.69 Å². The molecule has 0 aliphatic heterocycles. The summed E-state index contributed by atoms with van der Waals surface area (Å²) in [4.78, 5) is 2.45. The highest BCUT2D eigenvalue weighted by Gasteiger charge is 2.38. The molecule has 0 saturated heterocycles. The van der Waals surface area contributed by atoms with Crippen LogP contribution < -0.4 is 4.90 Å². The van der Waals surface area contributed by atoms with Gasteiger partial charge in [-0.15, -0.1) is 0 Å². The Morgan fingerprint density at radius 1 is 0.275 bits per heavy atom. The van der Waals surface area contributed by atoms with Crippen LogP contribution in [0, 0.1) is 0 Å². The molecule has 0 fully saturated rings. The fourth-order valence-corrected chi connectivity index (χ4v) is 12.1. The Hall–Kier alpha value is -8.26. The largest absolute Gasteiger partial charge is 0.310 e. The highest BCUT2D eigenvalue weighted by Crippen LogP contribution is 2.54. The zero-order chi connectivity index (χ0) is 46.4. The molecule has 0 unspecified atom stereocenters. The van der Waals surface area contributed by atoms with Crippen molar-refractivity contribution in [2.45, 2.75) is 38.5 Å². The van der Waals surface area contributed by atoms with Gasteiger partial charge in [-0.25, -0.2) is 0 Å². The number of para-hydroxylation sites is 1. The maximum atomic E-state index is 2.45. The number of hydrogen-bond acceptors (Lipinski definition) is 1. The highest BCUT2D eigenvalue weighted by atomic mass is 15.1. The summed E-state index contributed by atoms with van der Waals surface area (Å²) >= 11 is 0. The van der Waals surface area contributed by atoms with E-state index in [0.717, 1.165) is 17.1 Å². The van der Waals surface area contributed by atoms with Crippen molar-refractivity contribution in [1.82, 2.24) is 0 Å². The number of hydrogen-bond donors (Lipinski definition) is 0. The van der Waals surface area contributed by atoms with Gasteiger partial charge >= 0.3 is 0 Å². The van der Waals surface area contributed by atoms with E-state index in [4.69, 9.17) is 0 Å². The molecular weight excluding hydrogens is 831 g/mol. The minimum absolute atomic E-state index is 0.105. The van der Waals surface area contributed by atoms with Crippen LogP contribution in [0.5, 0.6) is 0 Å². The number of rotatable bonds is 7. The molecule has 11 aromatic carbocycles. The molecule has 1 nitrogen and oxygen atoms in total. The third-order valence-electron chi connectivity index (χ3n) is 15.5. The molecular formula is C68H51N. The molecule has 0 N–H and O–H groups in total. The van der Waals surface area contributed by atoms with Crippen molar-refractivity contribution in [3.05, 3.63) is 259 Å². The molecule has 2 aliphatic rings. The summed E-state index contributed by atoms with van der Waals surface area (Å²) in [7, 11) is 0. The second kappa shape index (κ2) is 15.7. The van der Waals surface area contributed by atoms with Gasteiger partial charge in [0.25, 0.3) is 0 Å². The lowest BCUT2D eigenvalue weighted by molar-refractivity contribution is 0.660. The summed E-state index contributed by atoms with van der Waals surface area (Å²) in [6, 6.07) is 88.0. The quantitative estimate of drug-likeness (QED) is 0.144. The van der Waals surface area contributed by atoms with Crippen molar-refractivity contribution in [1.29, 1.82) is 0 Å². The van der Waals surface area contributed by atoms with Crippen molar-refractivity contribution < 1.29 is 0 Å². The zero-order valence-corrected chi connectivity index (χ0v) is 39.5. The topological polar surface area (TPSA) is 3.24 Å². The van der Waals surface area contributed by atoms with Gasteiger partial charge in [-0.2, -0.15) is 0 Å². The fraction of sp³-hybridized carbons (Fsp3) is 0.0882. The predicted octanol–water partition coefficient (Wildman–Crippen LogP) is 18.7. The Morgan fingerprint density at radius 2 is 0.754 bits per heavy atom. The van der Waals surface area contributed by atoms with Crippen LogP contribution in [0.2, 0.25) is 0 Å². The van der Waals surface area contributed by atoms with Gasteiger partial charge in [0.1, 0.15) is 0 Å². The minimum atomic E-state index is -0.122. The van der Waals surface area contributed by atoms with Crippen LogP contribution >= 0.6 is 0 Å². The summed E-state index contributed by atoms with van der Waals surface area (Å²) < 4.78 is 0. The van der Waals surface area contributed by atoms with E-state index in [2.05, 4.69) is 269 Å². The van der Waals surface area contributed by atoms with Crippen molar-refractivity contribution >= 4 is 38.6 Å². The summed E-state index contributed by atoms with van der Waals surface area (Å²) in [5, 5.41) is 5.08. The smallest absolute Gasteiger partial charge is 0.0540 e. The number of benzene rings is 11. The summed E-state index contributed by atoms with van der Waals surface area (Å²) in [6.07, 6.45) is 0. The minimum Gasteiger partial charge on any atom is -0.310 e. The Kier molecular flexibility index (Phi) is 9.30. The normalized spacial score (nSPS) is 13.7. The van der Waals surface area contributed by atoms with Crippen LogP contribution in [0.4, 0.5) is 17.1 Å². The van der Waals surface area contributed by atoms with E-state index in [9.17, 15) is 0 Å². The lowest BCUT2D eigenvalue weighted by atomic mass is 9.78. The van der Waals surface area contributed by atoms with Gasteiger partial charge in [0.2, 0.25) is 0 Å². The second-order valence-corrected chi connectivity index (χ2v) is 20.0. The summed E-state index contributed by atoms with van der Waals surface area (Å²) in [5.41, 5.74) is 23.8. The van der Waals surface area contributed by atoms with Crippen molar-refractivity contribution in [3.8, 4) is 66.8 Å². The van der Waals surface area contributed by atoms with Gasteiger partial charge in [0.15, 0.2) is 0 Å². The third kappa shape index (κ3) is 6.38. The van der Waals surface area contributed by atoms with Crippen molar-refractivity contribution in [2.24, 2.45) is 0 Å². The van der Waals surface area contributed by atoms with Crippen LogP contribution in [-0.2, 0) is 10.8 Å². The van der Waals surface area contributed by atoms with Crippen molar-refractivity contribution in [3.63, 3.8) is 0 Å². The molecule has 13 rings (SSSR count). The number of nitrogens with zero attached hydrogens (tertiary/aromatic N) is 1. The average molecular weight is 882 g/mol. The van der Waals surface area contributed by atoms with Crippen LogP contribution in [0.25, 0.3) is 88.3 Å². The molecule has 0 amide bonds. The molecule has 0 aromatic heterocycles. The Morgan fingerprint density at radius 3 is 1.48 bits per heavy atom. The molecule has 0 saturated carbocycles. The first-order chi connectivity index (χ1) is 33.8. The fourth-order valence-electron chi connectivity index (χ4n) is 12.1. The van der Waals surface area contributed by atoms with Crippen LogP contribution in [0.15, 0.2) is 237 Å². The molecule has 69 heavy (non-hydrogen) atoms. The molecule has 0 heterocycles. The average Bonchev–Trinajstić information content (AvgIpc) is 3.78. The summed E-state index contributed by atoms with van der Waals surface area (Å²) in [6.45, 7) is 9.49. The first kappa shape index (κ1) is 41.0. The molecule has 0 bridgehead atoms. The van der Waals surface area contributed by atoms with Gasteiger partial charge in [-0.05, 0) is 141 Å². The predicted molar refractivity (Wildman–Crippen MR) is 293 cm³/mol. The maximum Gasteiger partial charge on any atom is 0.0540 e. The van der Waals surface area contributed by atoms with E-state index >= 15 is 0 Å². The lowest BCUT2D eigenvalue weighted by Gasteiger charge is -2.29. The first-order valence-electron chi connectivity index (χ1n) is 24.3. The highest BCUT2D eigenvalue weighted by molar-refractivity contribution is 6.12. The molecule has 0 spiro atoms. The summed E-state index contributed by atoms with van der Waals surface area (Å²) in [5.74, 6) is 0. The molecule has 0 atom stereocenters. The van der Waals surface area contributed by atoms with Crippen molar-refractivity contribution in [2.75, 3.05) is 4.90 Å². The second-order valence-electron chi connectivity index (χ2n) is 20.0. The Bertz CT molecular complexity index is 3830. The molecule has 328 valence electrons. The number of fused-ring (bicyclic) bond motifs is 9. The van der Waals surface area contributed by atoms with Gasteiger partial charge in [-0.1, -0.05) is 228 Å². The third-order valence-corrected chi connectivity index (χ3v) is 15.5. The van der Waals surface area contributed by atoms with Gasteiger partial charge in [-0.3, -0.25) is 0 Å². The first-order valence-corrected chi connectivity index (χ1v) is 24.3. The Labute approximate surface area is 405 Å². The van der Waals surface area contributed by atoms with E-state index in [1.807, 2.05) is 0 Å². The monoisotopic (exact) mass is 881 g/mol. The molecule has 1 heteroatoms.